The Labute approximate surface area is 150 Å². The molecule has 3 rings (SSSR count). The Balaban J connectivity index is 1.68. The fraction of sp³-hybridized carbons (Fsp3) is 0.619. The van der Waals surface area contributed by atoms with Gasteiger partial charge in [0, 0.05) is 23.3 Å². The minimum Gasteiger partial charge on any atom is -0.374 e. The van der Waals surface area contributed by atoms with Crippen molar-refractivity contribution in [1.82, 2.24) is 4.90 Å². The third kappa shape index (κ3) is 4.86. The zero-order valence-corrected chi connectivity index (χ0v) is 16.0. The number of likely N-dealkylation sites (tertiary alicyclic amines) is 1. The average molecular weight is 376 g/mol. The Morgan fingerprint density at radius 1 is 1.13 bits per heavy atom. The van der Waals surface area contributed by atoms with E-state index in [0.29, 0.717) is 0 Å². The van der Waals surface area contributed by atoms with Crippen LogP contribution < -0.4 is 0 Å². The molecule has 1 saturated carbocycles. The highest BCUT2D eigenvalue weighted by Crippen LogP contribution is 2.32. The molecule has 0 spiro atoms. The number of halogens is 1. The summed E-state index contributed by atoms with van der Waals surface area (Å²) < 4.78 is 1.17. The van der Waals surface area contributed by atoms with Crippen molar-refractivity contribution in [3.05, 3.63) is 40.5 Å². The molecule has 1 aromatic rings. The van der Waals surface area contributed by atoms with E-state index >= 15 is 0 Å². The minimum absolute atomic E-state index is 0.772. The average Bonchev–Trinajstić information content (AvgIpc) is 2.57. The second-order valence-corrected chi connectivity index (χ2v) is 8.37. The molecule has 23 heavy (non-hydrogen) atoms. The molecule has 1 aliphatic carbocycles. The molecule has 1 heterocycles. The van der Waals surface area contributed by atoms with Gasteiger partial charge in [0.25, 0.3) is 0 Å². The first kappa shape index (κ1) is 17.1. The van der Waals surface area contributed by atoms with Crippen LogP contribution in [0.1, 0.15) is 70.3 Å². The van der Waals surface area contributed by atoms with Crippen LogP contribution in [0.3, 0.4) is 0 Å². The van der Waals surface area contributed by atoms with Gasteiger partial charge in [0.1, 0.15) is 0 Å². The first-order valence-corrected chi connectivity index (χ1v) is 10.2. The van der Waals surface area contributed by atoms with Crippen molar-refractivity contribution in [3.8, 4) is 0 Å². The molecule has 126 valence electrons. The predicted molar refractivity (Wildman–Crippen MR) is 103 cm³/mol. The summed E-state index contributed by atoms with van der Waals surface area (Å²) >= 11 is 3.59. The molecular formula is C21H30BrN. The summed E-state index contributed by atoms with van der Waals surface area (Å²) in [5, 5.41) is 0. The normalized spacial score (nSPS) is 24.0. The summed E-state index contributed by atoms with van der Waals surface area (Å²) in [5.74, 6) is 0.980. The van der Waals surface area contributed by atoms with E-state index in [9.17, 15) is 0 Å². The van der Waals surface area contributed by atoms with Gasteiger partial charge in [-0.2, -0.15) is 0 Å². The van der Waals surface area contributed by atoms with Crippen LogP contribution >= 0.6 is 15.9 Å². The van der Waals surface area contributed by atoms with Crippen LogP contribution in [-0.4, -0.2) is 17.5 Å². The van der Waals surface area contributed by atoms with Crippen LogP contribution in [0.25, 0.3) is 5.57 Å². The molecule has 2 heteroatoms. The zero-order chi connectivity index (χ0) is 16.1. The van der Waals surface area contributed by atoms with Crippen molar-refractivity contribution in [2.45, 2.75) is 70.8 Å². The standard InChI is InChI=1S/C21H30BrN/c1-17(19-10-7-11-20(22)15-19)16-23-13-6-5-12-21(23)14-18-8-3-2-4-9-18/h7,10-11,15-16,18,21H,2-6,8-9,12-14H2,1H3/b17-16+. The number of piperidine rings is 1. The maximum absolute atomic E-state index is 3.59. The van der Waals surface area contributed by atoms with E-state index in [1.165, 1.54) is 79.9 Å². The quantitative estimate of drug-likeness (QED) is 0.570. The van der Waals surface area contributed by atoms with Crippen molar-refractivity contribution < 1.29 is 0 Å². The smallest absolute Gasteiger partial charge is 0.0287 e. The fourth-order valence-electron chi connectivity index (χ4n) is 4.31. The first-order valence-electron chi connectivity index (χ1n) is 9.42. The lowest BCUT2D eigenvalue weighted by Crippen LogP contribution is -2.37. The van der Waals surface area contributed by atoms with Crippen LogP contribution in [0.2, 0.25) is 0 Å². The summed E-state index contributed by atoms with van der Waals surface area (Å²) in [7, 11) is 0. The number of rotatable bonds is 4. The lowest BCUT2D eigenvalue weighted by Gasteiger charge is -2.38. The molecular weight excluding hydrogens is 346 g/mol. The van der Waals surface area contributed by atoms with Crippen molar-refractivity contribution >= 4 is 21.5 Å². The molecule has 1 aromatic carbocycles. The fourth-order valence-corrected chi connectivity index (χ4v) is 4.71. The van der Waals surface area contributed by atoms with Crippen molar-refractivity contribution in [1.29, 1.82) is 0 Å². The Bertz CT molecular complexity index is 530. The van der Waals surface area contributed by atoms with Gasteiger partial charge in [-0.15, -0.1) is 0 Å². The molecule has 0 amide bonds. The van der Waals surface area contributed by atoms with Gasteiger partial charge in [-0.1, -0.05) is 60.2 Å². The van der Waals surface area contributed by atoms with E-state index in [1.807, 2.05) is 0 Å². The molecule has 1 nitrogen and oxygen atoms in total. The Kier molecular flexibility index (Phi) is 6.21. The van der Waals surface area contributed by atoms with Crippen LogP contribution in [0, 0.1) is 5.92 Å². The third-order valence-electron chi connectivity index (χ3n) is 5.64. The van der Waals surface area contributed by atoms with Crippen LogP contribution in [0.5, 0.6) is 0 Å². The summed E-state index contributed by atoms with van der Waals surface area (Å²) in [6, 6.07) is 9.45. The minimum atomic E-state index is 0.772. The monoisotopic (exact) mass is 375 g/mol. The van der Waals surface area contributed by atoms with Crippen molar-refractivity contribution in [3.63, 3.8) is 0 Å². The highest BCUT2D eigenvalue weighted by atomic mass is 79.9. The Hall–Kier alpha value is -0.760. The molecule has 0 radical (unpaired) electrons. The van der Waals surface area contributed by atoms with E-state index in [2.05, 4.69) is 58.2 Å². The van der Waals surface area contributed by atoms with Gasteiger partial charge in [-0.3, -0.25) is 0 Å². The lowest BCUT2D eigenvalue weighted by molar-refractivity contribution is 0.166. The summed E-state index contributed by atoms with van der Waals surface area (Å²) in [4.78, 5) is 2.66. The largest absolute Gasteiger partial charge is 0.374 e. The van der Waals surface area contributed by atoms with Gasteiger partial charge in [0.2, 0.25) is 0 Å². The second kappa shape index (κ2) is 8.37. The van der Waals surface area contributed by atoms with Crippen molar-refractivity contribution in [2.75, 3.05) is 6.54 Å². The van der Waals surface area contributed by atoms with E-state index in [0.717, 1.165) is 12.0 Å². The summed E-state index contributed by atoms with van der Waals surface area (Å²) in [6.07, 6.45) is 15.3. The van der Waals surface area contributed by atoms with E-state index in [4.69, 9.17) is 0 Å². The van der Waals surface area contributed by atoms with Crippen LogP contribution in [0.4, 0.5) is 0 Å². The second-order valence-electron chi connectivity index (χ2n) is 7.45. The molecule has 1 unspecified atom stereocenters. The molecule has 2 fully saturated rings. The third-order valence-corrected chi connectivity index (χ3v) is 6.14. The van der Waals surface area contributed by atoms with Crippen molar-refractivity contribution in [2.24, 2.45) is 5.92 Å². The summed E-state index contributed by atoms with van der Waals surface area (Å²) in [5.41, 5.74) is 2.73. The maximum Gasteiger partial charge on any atom is 0.0287 e. The molecule has 0 aromatic heterocycles. The molecule has 1 atom stereocenters. The van der Waals surface area contributed by atoms with Gasteiger partial charge >= 0.3 is 0 Å². The van der Waals surface area contributed by atoms with E-state index in [1.54, 1.807) is 0 Å². The number of allylic oxidation sites excluding steroid dienone is 1. The number of nitrogens with zero attached hydrogens (tertiary/aromatic N) is 1. The van der Waals surface area contributed by atoms with Crippen LogP contribution in [-0.2, 0) is 0 Å². The van der Waals surface area contributed by atoms with Gasteiger partial charge in [-0.25, -0.2) is 0 Å². The Morgan fingerprint density at radius 2 is 1.91 bits per heavy atom. The molecule has 0 bridgehead atoms. The van der Waals surface area contributed by atoms with E-state index in [-0.39, 0.29) is 0 Å². The zero-order valence-electron chi connectivity index (χ0n) is 14.4. The maximum atomic E-state index is 3.59. The number of benzene rings is 1. The van der Waals surface area contributed by atoms with Gasteiger partial charge in [0.05, 0.1) is 0 Å². The van der Waals surface area contributed by atoms with Crippen LogP contribution in [0.15, 0.2) is 34.9 Å². The number of hydrogen-bond acceptors (Lipinski definition) is 1. The predicted octanol–water partition coefficient (Wildman–Crippen LogP) is 6.63. The molecule has 0 N–H and O–H groups in total. The van der Waals surface area contributed by atoms with Gasteiger partial charge in [0.15, 0.2) is 0 Å². The van der Waals surface area contributed by atoms with Gasteiger partial charge < -0.3 is 4.90 Å². The molecule has 1 saturated heterocycles. The van der Waals surface area contributed by atoms with Gasteiger partial charge in [-0.05, 0) is 61.8 Å². The Morgan fingerprint density at radius 3 is 2.70 bits per heavy atom. The summed E-state index contributed by atoms with van der Waals surface area (Å²) in [6.45, 7) is 3.50. The molecule has 2 aliphatic rings. The molecule has 1 aliphatic heterocycles. The number of hydrogen-bond donors (Lipinski definition) is 0. The SMILES string of the molecule is C/C(=C\N1CCCCC1CC1CCCCC1)c1cccc(Br)c1. The highest BCUT2D eigenvalue weighted by molar-refractivity contribution is 9.10. The lowest BCUT2D eigenvalue weighted by atomic mass is 9.82. The van der Waals surface area contributed by atoms with E-state index < -0.39 is 0 Å². The highest BCUT2D eigenvalue weighted by Gasteiger charge is 2.24. The first-order chi connectivity index (χ1) is 11.2. The topological polar surface area (TPSA) is 3.24 Å².